The van der Waals surface area contributed by atoms with Crippen molar-refractivity contribution < 1.29 is 31.1 Å². The summed E-state index contributed by atoms with van der Waals surface area (Å²) in [7, 11) is 0. The molecular weight excluding hydrogens is 469 g/mol. The van der Waals surface area contributed by atoms with Gasteiger partial charge in [-0.05, 0) is 54.4 Å². The number of hydrogen-bond acceptors (Lipinski definition) is 2. The topological polar surface area (TPSA) is 32.3 Å². The van der Waals surface area contributed by atoms with E-state index < -0.39 is 36.8 Å². The van der Waals surface area contributed by atoms with E-state index in [-0.39, 0.29) is 34.1 Å². The van der Waals surface area contributed by atoms with Gasteiger partial charge in [-0.15, -0.1) is 0 Å². The zero-order chi connectivity index (χ0) is 23.0. The third kappa shape index (κ3) is 5.20. The normalized spacial score (nSPS) is 19.5. The lowest BCUT2D eigenvalue weighted by molar-refractivity contribution is -0.184. The summed E-state index contributed by atoms with van der Waals surface area (Å²) in [5.41, 5.74) is -1.85. The summed E-state index contributed by atoms with van der Waals surface area (Å²) in [5.74, 6) is -0.927. The third-order valence-electron chi connectivity index (χ3n) is 5.17. The molecule has 3 nitrogen and oxygen atoms in total. The fraction of sp³-hybridized carbons (Fsp3) is 0.350. The summed E-state index contributed by atoms with van der Waals surface area (Å²) < 4.78 is 79.1. The van der Waals surface area contributed by atoms with Crippen LogP contribution in [0.1, 0.15) is 22.3 Å². The van der Waals surface area contributed by atoms with Gasteiger partial charge in [0.05, 0.1) is 0 Å². The molecule has 1 atom stereocenters. The molecule has 11 heteroatoms. The smallest absolute Gasteiger partial charge is 0.370 e. The Labute approximate surface area is 183 Å². The lowest BCUT2D eigenvalue weighted by atomic mass is 9.79. The third-order valence-corrected chi connectivity index (χ3v) is 5.61. The molecule has 0 aliphatic carbocycles. The standard InChI is InChI=1S/C20H16Cl2F6N2O/c21-14-7-13(8-15(22)9-14)18(20(26,27)28)5-6-30(11-18)16-3-1-12(2-4-16)17(31)29-10-19(23,24)25/h1-4,7-9H,5-6,10-11H2,(H,29,31). The maximum atomic E-state index is 14.1. The Bertz CT molecular complexity index is 941. The number of carbonyl (C=O) groups excluding carboxylic acids is 1. The number of alkyl halides is 6. The molecule has 0 bridgehead atoms. The van der Waals surface area contributed by atoms with Crippen molar-refractivity contribution in [1.82, 2.24) is 5.32 Å². The maximum absolute atomic E-state index is 14.1. The molecule has 1 saturated heterocycles. The van der Waals surface area contributed by atoms with Crippen molar-refractivity contribution in [3.63, 3.8) is 0 Å². The van der Waals surface area contributed by atoms with E-state index >= 15 is 0 Å². The second kappa shape index (κ2) is 8.43. The Morgan fingerprint density at radius 3 is 2.10 bits per heavy atom. The van der Waals surface area contributed by atoms with E-state index in [1.807, 2.05) is 0 Å². The first-order valence-corrected chi connectivity index (χ1v) is 9.80. The zero-order valence-corrected chi connectivity index (χ0v) is 17.3. The van der Waals surface area contributed by atoms with Crippen LogP contribution in [0.3, 0.4) is 0 Å². The Morgan fingerprint density at radius 2 is 1.58 bits per heavy atom. The van der Waals surface area contributed by atoms with Gasteiger partial charge in [-0.2, -0.15) is 26.3 Å². The molecule has 2 aromatic carbocycles. The summed E-state index contributed by atoms with van der Waals surface area (Å²) in [6.07, 6.45) is -9.36. The second-order valence-corrected chi connectivity index (χ2v) is 8.13. The van der Waals surface area contributed by atoms with Gasteiger partial charge in [0.15, 0.2) is 0 Å². The van der Waals surface area contributed by atoms with E-state index in [4.69, 9.17) is 23.2 Å². The highest BCUT2D eigenvalue weighted by atomic mass is 35.5. The van der Waals surface area contributed by atoms with E-state index in [9.17, 15) is 31.1 Å². The minimum atomic E-state index is -4.58. The van der Waals surface area contributed by atoms with Crippen molar-refractivity contribution in [3.8, 4) is 0 Å². The summed E-state index contributed by atoms with van der Waals surface area (Å²) in [5, 5.41) is 1.93. The number of rotatable bonds is 4. The van der Waals surface area contributed by atoms with Gasteiger partial charge in [-0.1, -0.05) is 23.2 Å². The summed E-state index contributed by atoms with van der Waals surface area (Å²) in [6.45, 7) is -1.80. The summed E-state index contributed by atoms with van der Waals surface area (Å²) >= 11 is 11.8. The van der Waals surface area contributed by atoms with Gasteiger partial charge >= 0.3 is 12.4 Å². The zero-order valence-electron chi connectivity index (χ0n) is 15.7. The van der Waals surface area contributed by atoms with E-state index in [1.54, 1.807) is 5.32 Å². The fourth-order valence-electron chi connectivity index (χ4n) is 3.60. The first kappa shape index (κ1) is 23.5. The minimum Gasteiger partial charge on any atom is -0.370 e. The number of halogens is 8. The molecule has 0 spiro atoms. The predicted molar refractivity (Wildman–Crippen MR) is 106 cm³/mol. The highest BCUT2D eigenvalue weighted by Crippen LogP contribution is 2.49. The van der Waals surface area contributed by atoms with Crippen molar-refractivity contribution in [2.45, 2.75) is 24.2 Å². The number of nitrogens with zero attached hydrogens (tertiary/aromatic N) is 1. The number of hydrogen-bond donors (Lipinski definition) is 1. The van der Waals surface area contributed by atoms with Crippen LogP contribution in [0.2, 0.25) is 10.0 Å². The van der Waals surface area contributed by atoms with Gasteiger partial charge in [-0.25, -0.2) is 0 Å². The molecule has 0 saturated carbocycles. The molecule has 1 heterocycles. The van der Waals surface area contributed by atoms with Crippen LogP contribution < -0.4 is 10.2 Å². The first-order valence-electron chi connectivity index (χ1n) is 9.04. The van der Waals surface area contributed by atoms with Gasteiger partial charge in [-0.3, -0.25) is 4.79 Å². The predicted octanol–water partition coefficient (Wildman–Crippen LogP) is 6.00. The molecule has 1 unspecified atom stereocenters. The van der Waals surface area contributed by atoms with E-state index in [0.717, 1.165) is 0 Å². The maximum Gasteiger partial charge on any atom is 0.405 e. The van der Waals surface area contributed by atoms with Crippen LogP contribution in [-0.2, 0) is 5.41 Å². The Morgan fingerprint density at radius 1 is 1.00 bits per heavy atom. The number of anilines is 1. The number of nitrogens with one attached hydrogen (secondary N) is 1. The Kier molecular flexibility index (Phi) is 6.40. The van der Waals surface area contributed by atoms with Crippen LogP contribution in [0.5, 0.6) is 0 Å². The molecule has 0 radical (unpaired) electrons. The molecule has 31 heavy (non-hydrogen) atoms. The van der Waals surface area contributed by atoms with Crippen molar-refractivity contribution in [1.29, 1.82) is 0 Å². The van der Waals surface area contributed by atoms with Crippen molar-refractivity contribution in [2.75, 3.05) is 24.5 Å². The second-order valence-electron chi connectivity index (χ2n) is 7.25. The molecule has 1 N–H and O–H groups in total. The molecule has 2 aromatic rings. The van der Waals surface area contributed by atoms with Gasteiger partial charge in [0.2, 0.25) is 0 Å². The van der Waals surface area contributed by atoms with E-state index in [1.165, 1.54) is 47.4 Å². The minimum absolute atomic E-state index is 0.0316. The Balaban J connectivity index is 1.82. The van der Waals surface area contributed by atoms with Crippen LogP contribution >= 0.6 is 23.2 Å². The fourth-order valence-corrected chi connectivity index (χ4v) is 4.12. The van der Waals surface area contributed by atoms with Crippen molar-refractivity contribution in [3.05, 3.63) is 63.6 Å². The Hall–Kier alpha value is -2.13. The largest absolute Gasteiger partial charge is 0.405 e. The van der Waals surface area contributed by atoms with Crippen molar-refractivity contribution in [2.24, 2.45) is 0 Å². The lowest BCUT2D eigenvalue weighted by Crippen LogP contribution is -2.44. The van der Waals surface area contributed by atoms with Crippen LogP contribution in [-0.4, -0.2) is 37.9 Å². The molecule has 1 aliphatic heterocycles. The van der Waals surface area contributed by atoms with Gasteiger partial charge in [0.1, 0.15) is 12.0 Å². The van der Waals surface area contributed by atoms with Crippen LogP contribution in [0.4, 0.5) is 32.0 Å². The highest BCUT2D eigenvalue weighted by Gasteiger charge is 2.59. The van der Waals surface area contributed by atoms with Crippen molar-refractivity contribution >= 4 is 34.8 Å². The summed E-state index contributed by atoms with van der Waals surface area (Å²) in [6, 6.07) is 9.19. The van der Waals surface area contributed by atoms with Gasteiger partial charge in [0, 0.05) is 34.4 Å². The highest BCUT2D eigenvalue weighted by molar-refractivity contribution is 6.34. The first-order chi connectivity index (χ1) is 14.3. The average Bonchev–Trinajstić information content (AvgIpc) is 3.12. The molecule has 1 fully saturated rings. The quantitative estimate of drug-likeness (QED) is 0.540. The lowest BCUT2D eigenvalue weighted by Gasteiger charge is -2.33. The molecule has 3 rings (SSSR count). The van der Waals surface area contributed by atoms with Gasteiger partial charge in [0.25, 0.3) is 5.91 Å². The van der Waals surface area contributed by atoms with Crippen LogP contribution in [0.15, 0.2) is 42.5 Å². The average molecular weight is 485 g/mol. The molecular formula is C20H16Cl2F6N2O. The van der Waals surface area contributed by atoms with E-state index in [2.05, 4.69) is 0 Å². The molecule has 0 aromatic heterocycles. The number of carbonyl (C=O) groups is 1. The number of benzene rings is 2. The van der Waals surface area contributed by atoms with Crippen LogP contribution in [0.25, 0.3) is 0 Å². The molecule has 168 valence electrons. The monoisotopic (exact) mass is 484 g/mol. The van der Waals surface area contributed by atoms with Crippen LogP contribution in [0, 0.1) is 0 Å². The van der Waals surface area contributed by atoms with Gasteiger partial charge < -0.3 is 10.2 Å². The molecule has 1 amide bonds. The SMILES string of the molecule is O=C(NCC(F)(F)F)c1ccc(N2CCC(c3cc(Cl)cc(Cl)c3)(C(F)(F)F)C2)cc1. The summed E-state index contributed by atoms with van der Waals surface area (Å²) in [4.78, 5) is 13.3. The van der Waals surface area contributed by atoms with E-state index in [0.29, 0.717) is 5.69 Å². The number of amides is 1. The molecule has 1 aliphatic rings.